The van der Waals surface area contributed by atoms with Crippen LogP contribution in [0.3, 0.4) is 0 Å². The molecule has 0 bridgehead atoms. The third kappa shape index (κ3) is 4.84. The number of H-pyrrole nitrogens is 1. The first-order valence-corrected chi connectivity index (χ1v) is 11.5. The predicted molar refractivity (Wildman–Crippen MR) is 125 cm³/mol. The van der Waals surface area contributed by atoms with E-state index in [0.29, 0.717) is 11.5 Å². The molecule has 2 aliphatic rings. The van der Waals surface area contributed by atoms with Crippen molar-refractivity contribution in [2.45, 2.75) is 83.7 Å². The minimum Gasteiger partial charge on any atom is -0.444 e. The Morgan fingerprint density at radius 2 is 1.74 bits per heavy atom. The number of ether oxygens (including phenoxy) is 1. The van der Waals surface area contributed by atoms with Crippen LogP contribution in [0.25, 0.3) is 11.3 Å². The number of alkyl halides is 2. The fourth-order valence-corrected chi connectivity index (χ4v) is 4.03. The first kappa shape index (κ1) is 24.7. The summed E-state index contributed by atoms with van der Waals surface area (Å²) in [5.41, 5.74) is 0.721. The molecule has 2 fully saturated rings. The van der Waals surface area contributed by atoms with Gasteiger partial charge in [-0.25, -0.2) is 18.6 Å². The fraction of sp³-hybridized carbons (Fsp3) is 0.583. The van der Waals surface area contributed by atoms with E-state index in [-0.39, 0.29) is 0 Å². The van der Waals surface area contributed by atoms with Crippen molar-refractivity contribution in [3.8, 4) is 11.3 Å². The van der Waals surface area contributed by atoms with Crippen LogP contribution in [-0.4, -0.2) is 57.3 Å². The number of nitrogens with one attached hydrogen (secondary N) is 1. The van der Waals surface area contributed by atoms with E-state index in [1.165, 1.54) is 0 Å². The highest BCUT2D eigenvalue weighted by Crippen LogP contribution is 2.41. The number of aromatic nitrogens is 2. The van der Waals surface area contributed by atoms with E-state index >= 15 is 0 Å². The Kier molecular flexibility index (Phi) is 5.84. The lowest BCUT2D eigenvalue weighted by Crippen LogP contribution is -2.41. The molecule has 0 aliphatic carbocycles. The van der Waals surface area contributed by atoms with Gasteiger partial charge in [0.05, 0.1) is 35.7 Å². The summed E-state index contributed by atoms with van der Waals surface area (Å²) in [5, 5.41) is 0. The molecule has 0 radical (unpaired) electrons. The van der Waals surface area contributed by atoms with Gasteiger partial charge in [-0.05, 0) is 59.5 Å². The molecule has 34 heavy (non-hydrogen) atoms. The third-order valence-corrected chi connectivity index (χ3v) is 6.56. The minimum absolute atomic E-state index is 0.299. The maximum absolute atomic E-state index is 14.2. The first-order valence-electron chi connectivity index (χ1n) is 11.5. The number of amides is 1. The Balaban J connectivity index is 1.52. The Bertz CT molecular complexity index is 1050. The van der Waals surface area contributed by atoms with Gasteiger partial charge < -0.3 is 19.0 Å². The van der Waals surface area contributed by atoms with E-state index in [4.69, 9.17) is 14.0 Å². The molecule has 4 rings (SSSR count). The minimum atomic E-state index is -3.01. The quantitative estimate of drug-likeness (QED) is 0.652. The molecule has 10 heteroatoms. The summed E-state index contributed by atoms with van der Waals surface area (Å²) < 4.78 is 46.0. The van der Waals surface area contributed by atoms with Crippen molar-refractivity contribution in [2.75, 3.05) is 6.54 Å². The monoisotopic (exact) mass is 475 g/mol. The molecule has 1 unspecified atom stereocenters. The van der Waals surface area contributed by atoms with Crippen molar-refractivity contribution >= 4 is 18.7 Å². The van der Waals surface area contributed by atoms with E-state index in [1.54, 1.807) is 27.0 Å². The highest BCUT2D eigenvalue weighted by Gasteiger charge is 2.52. The Morgan fingerprint density at radius 3 is 2.29 bits per heavy atom. The molecule has 0 saturated carbocycles. The van der Waals surface area contributed by atoms with Gasteiger partial charge in [-0.3, -0.25) is 4.90 Å². The van der Waals surface area contributed by atoms with Crippen LogP contribution in [0.15, 0.2) is 30.5 Å². The molecule has 184 valence electrons. The van der Waals surface area contributed by atoms with Crippen LogP contribution in [-0.2, 0) is 14.0 Å². The third-order valence-electron chi connectivity index (χ3n) is 6.56. The average molecular weight is 475 g/mol. The van der Waals surface area contributed by atoms with Crippen molar-refractivity contribution in [3.05, 3.63) is 36.3 Å². The van der Waals surface area contributed by atoms with Crippen LogP contribution in [0.1, 0.15) is 66.8 Å². The largest absolute Gasteiger partial charge is 0.494 e. The zero-order chi connectivity index (χ0) is 25.1. The number of rotatable bonds is 3. The summed E-state index contributed by atoms with van der Waals surface area (Å²) in [6, 6.07) is 6.71. The second-order valence-corrected chi connectivity index (χ2v) is 11.1. The Morgan fingerprint density at radius 1 is 1.15 bits per heavy atom. The molecule has 7 nitrogen and oxygen atoms in total. The Hall–Kier alpha value is -2.46. The number of benzene rings is 1. The summed E-state index contributed by atoms with van der Waals surface area (Å²) in [4.78, 5) is 21.1. The number of imidazole rings is 1. The molecule has 1 atom stereocenters. The molecule has 1 N–H and O–H groups in total. The summed E-state index contributed by atoms with van der Waals surface area (Å²) in [5.74, 6) is -2.72. The molecule has 1 amide bonds. The van der Waals surface area contributed by atoms with E-state index in [2.05, 4.69) is 9.97 Å². The van der Waals surface area contributed by atoms with Crippen LogP contribution >= 0.6 is 0 Å². The van der Waals surface area contributed by atoms with Crippen LogP contribution in [0.5, 0.6) is 0 Å². The molecule has 2 aliphatic heterocycles. The van der Waals surface area contributed by atoms with Gasteiger partial charge in [-0.1, -0.05) is 24.3 Å². The summed E-state index contributed by atoms with van der Waals surface area (Å²) >= 11 is 0. The summed E-state index contributed by atoms with van der Waals surface area (Å²) in [7, 11) is -0.473. The standard InChI is InChI=1S/C24H32BF2N3O4/c1-21(2,3)32-20(31)30-14-24(26,27)12-18(30)19-28-13-17(29-19)15-8-10-16(11-9-15)25-33-22(4,5)23(6,7)34-25/h8-11,13,18H,12,14H2,1-7H3,(H,28,29). The first-order chi connectivity index (χ1) is 15.6. The molecule has 3 heterocycles. The van der Waals surface area contributed by atoms with Crippen LogP contribution in [0, 0.1) is 0 Å². The predicted octanol–water partition coefficient (Wildman–Crippen LogP) is 4.69. The van der Waals surface area contributed by atoms with Gasteiger partial charge >= 0.3 is 13.2 Å². The number of carbonyl (C=O) groups is 1. The summed E-state index contributed by atoms with van der Waals surface area (Å²) in [6.45, 7) is 12.4. The number of nitrogens with zero attached hydrogens (tertiary/aromatic N) is 2. The number of hydrogen-bond acceptors (Lipinski definition) is 5. The number of carbonyl (C=O) groups excluding carboxylic acids is 1. The molecule has 2 saturated heterocycles. The molecular weight excluding hydrogens is 443 g/mol. The lowest BCUT2D eigenvalue weighted by atomic mass is 9.79. The Labute approximate surface area is 199 Å². The topological polar surface area (TPSA) is 76.7 Å². The van der Waals surface area contributed by atoms with Crippen LogP contribution < -0.4 is 5.46 Å². The summed E-state index contributed by atoms with van der Waals surface area (Å²) in [6.07, 6.45) is 0.294. The molecule has 1 aromatic heterocycles. The molecule has 1 aromatic carbocycles. The van der Waals surface area contributed by atoms with E-state index in [1.807, 2.05) is 52.0 Å². The van der Waals surface area contributed by atoms with Crippen molar-refractivity contribution in [1.82, 2.24) is 14.9 Å². The van der Waals surface area contributed by atoms with Gasteiger partial charge in [0.1, 0.15) is 11.4 Å². The number of likely N-dealkylation sites (tertiary alicyclic amines) is 1. The maximum Gasteiger partial charge on any atom is 0.494 e. The van der Waals surface area contributed by atoms with E-state index < -0.39 is 54.9 Å². The van der Waals surface area contributed by atoms with Gasteiger partial charge in [0.15, 0.2) is 0 Å². The lowest BCUT2D eigenvalue weighted by Gasteiger charge is -2.32. The van der Waals surface area contributed by atoms with Gasteiger partial charge in [-0.2, -0.15) is 0 Å². The highest BCUT2D eigenvalue weighted by atomic mass is 19.3. The zero-order valence-corrected chi connectivity index (χ0v) is 20.7. The van der Waals surface area contributed by atoms with Crippen LogP contribution in [0.2, 0.25) is 0 Å². The SMILES string of the molecule is CC(C)(C)OC(=O)N1CC(F)(F)CC1c1ncc(-c2ccc(B3OC(C)(C)C(C)(C)O3)cc2)[nH]1. The smallest absolute Gasteiger partial charge is 0.444 e. The van der Waals surface area contributed by atoms with Gasteiger partial charge in [0, 0.05) is 6.42 Å². The van der Waals surface area contributed by atoms with Crippen molar-refractivity contribution in [3.63, 3.8) is 0 Å². The highest BCUT2D eigenvalue weighted by molar-refractivity contribution is 6.62. The molecule has 0 spiro atoms. The fourth-order valence-electron chi connectivity index (χ4n) is 4.03. The maximum atomic E-state index is 14.2. The number of aromatic amines is 1. The van der Waals surface area contributed by atoms with E-state index in [0.717, 1.165) is 15.9 Å². The zero-order valence-electron chi connectivity index (χ0n) is 20.7. The second-order valence-electron chi connectivity index (χ2n) is 11.1. The number of halogens is 2. The van der Waals surface area contributed by atoms with Crippen molar-refractivity contribution in [1.29, 1.82) is 0 Å². The second kappa shape index (κ2) is 8.05. The number of hydrogen-bond donors (Lipinski definition) is 1. The van der Waals surface area contributed by atoms with Crippen LogP contribution in [0.4, 0.5) is 13.6 Å². The van der Waals surface area contributed by atoms with E-state index in [9.17, 15) is 13.6 Å². The van der Waals surface area contributed by atoms with Gasteiger partial charge in [0.25, 0.3) is 5.92 Å². The van der Waals surface area contributed by atoms with Gasteiger partial charge in [-0.15, -0.1) is 0 Å². The lowest BCUT2D eigenvalue weighted by molar-refractivity contribution is -0.00248. The van der Waals surface area contributed by atoms with Crippen molar-refractivity contribution in [2.24, 2.45) is 0 Å². The van der Waals surface area contributed by atoms with Gasteiger partial charge in [0.2, 0.25) is 0 Å². The average Bonchev–Trinajstić information content (AvgIpc) is 3.35. The molecular formula is C24H32BF2N3O4. The molecule has 2 aromatic rings. The van der Waals surface area contributed by atoms with Crippen molar-refractivity contribution < 1.29 is 27.6 Å². The normalized spacial score (nSPS) is 23.4.